The van der Waals surface area contributed by atoms with E-state index in [9.17, 15) is 9.59 Å². The highest BCUT2D eigenvalue weighted by molar-refractivity contribution is 7.17. The summed E-state index contributed by atoms with van der Waals surface area (Å²) in [5, 5.41) is 2.02. The van der Waals surface area contributed by atoms with E-state index in [2.05, 4.69) is 41.3 Å². The Morgan fingerprint density at radius 1 is 1.10 bits per heavy atom. The van der Waals surface area contributed by atoms with Crippen LogP contribution in [0.3, 0.4) is 0 Å². The lowest BCUT2D eigenvalue weighted by molar-refractivity contribution is -0.136. The lowest BCUT2D eigenvalue weighted by Crippen LogP contribution is -2.36. The summed E-state index contributed by atoms with van der Waals surface area (Å²) < 4.78 is 17.2. The normalized spacial score (nSPS) is 19.7. The third-order valence-corrected chi connectivity index (χ3v) is 8.58. The Morgan fingerprint density at radius 2 is 1.86 bits per heavy atom. The van der Waals surface area contributed by atoms with E-state index in [1.165, 1.54) is 24.0 Å². The van der Waals surface area contributed by atoms with Gasteiger partial charge < -0.3 is 18.8 Å². The van der Waals surface area contributed by atoms with Crippen molar-refractivity contribution >= 4 is 39.7 Å². The van der Waals surface area contributed by atoms with Crippen LogP contribution in [0.4, 0.5) is 5.88 Å². The number of nitrogens with zero attached hydrogens (tertiary/aromatic N) is 2. The van der Waals surface area contributed by atoms with Gasteiger partial charge in [0.05, 0.1) is 20.3 Å². The van der Waals surface area contributed by atoms with Gasteiger partial charge in [-0.05, 0) is 74.6 Å². The van der Waals surface area contributed by atoms with Crippen LogP contribution < -0.4 is 10.3 Å². The summed E-state index contributed by atoms with van der Waals surface area (Å²) in [7, 11) is 1.40. The molecule has 0 spiro atoms. The zero-order valence-corrected chi connectivity index (χ0v) is 25.2. The van der Waals surface area contributed by atoms with Crippen LogP contribution in [0.2, 0.25) is 0 Å². The number of benzene rings is 1. The maximum Gasteiger partial charge on any atom is 0.333 e. The number of esters is 1. The van der Waals surface area contributed by atoms with Gasteiger partial charge in [0, 0.05) is 47.6 Å². The second kappa shape index (κ2) is 14.4. The molecule has 42 heavy (non-hydrogen) atoms. The Kier molecular flexibility index (Phi) is 10.2. The van der Waals surface area contributed by atoms with Crippen LogP contribution in [0.5, 0.6) is 0 Å². The fraction of sp³-hybridized carbons (Fsp3) is 0.382. The van der Waals surface area contributed by atoms with Crippen LogP contribution >= 0.6 is 11.3 Å². The quantitative estimate of drug-likeness (QED) is 0.149. The Balaban J connectivity index is 1.18. The number of carbonyl (C=O) groups is 1. The van der Waals surface area contributed by atoms with Gasteiger partial charge in [-0.15, -0.1) is 11.3 Å². The first-order chi connectivity index (χ1) is 20.5. The van der Waals surface area contributed by atoms with Crippen molar-refractivity contribution in [3.8, 4) is 11.1 Å². The number of methoxy groups -OCH3 is 1. The molecule has 3 aromatic rings. The molecule has 2 aromatic heterocycles. The summed E-state index contributed by atoms with van der Waals surface area (Å²) >= 11 is 1.44. The van der Waals surface area contributed by atoms with Crippen molar-refractivity contribution in [3.63, 3.8) is 0 Å². The van der Waals surface area contributed by atoms with Crippen molar-refractivity contribution in [3.05, 3.63) is 86.6 Å². The van der Waals surface area contributed by atoms with Crippen LogP contribution in [0.25, 0.3) is 21.4 Å². The van der Waals surface area contributed by atoms with E-state index in [1.54, 1.807) is 13.0 Å². The van der Waals surface area contributed by atoms with E-state index in [1.807, 2.05) is 17.7 Å². The number of hydrogen-bond acceptors (Lipinski definition) is 8. The fourth-order valence-corrected chi connectivity index (χ4v) is 6.12. The highest BCUT2D eigenvalue weighted by atomic mass is 32.1. The average molecular weight is 587 g/mol. The molecule has 0 aliphatic carbocycles. The molecule has 1 saturated heterocycles. The largest absolute Gasteiger partial charge is 0.466 e. The molecule has 0 amide bonds. The lowest BCUT2D eigenvalue weighted by Gasteiger charge is -2.27. The predicted octanol–water partition coefficient (Wildman–Crippen LogP) is 7.26. The number of morpholine rings is 1. The minimum absolute atomic E-state index is 0.00463. The lowest BCUT2D eigenvalue weighted by atomic mass is 10.0. The molecule has 1 fully saturated rings. The summed E-state index contributed by atoms with van der Waals surface area (Å²) in [4.78, 5) is 31.4. The third kappa shape index (κ3) is 7.55. The summed E-state index contributed by atoms with van der Waals surface area (Å²) in [6.07, 6.45) is 15.1. The molecule has 0 saturated carbocycles. The van der Waals surface area contributed by atoms with Crippen LogP contribution in [0.15, 0.2) is 85.0 Å². The van der Waals surface area contributed by atoms with E-state index < -0.39 is 0 Å². The second-order valence-electron chi connectivity index (χ2n) is 10.7. The first kappa shape index (κ1) is 29.7. The molecule has 4 heterocycles. The number of rotatable bonds is 9. The summed E-state index contributed by atoms with van der Waals surface area (Å²) in [6.45, 7) is 4.48. The number of carbonyl (C=O) groups excluding carboxylic acids is 1. The van der Waals surface area contributed by atoms with Crippen molar-refractivity contribution in [2.75, 3.05) is 38.3 Å². The van der Waals surface area contributed by atoms with Crippen LogP contribution in [0.1, 0.15) is 51.0 Å². The molecule has 2 aliphatic heterocycles. The van der Waals surface area contributed by atoms with Gasteiger partial charge in [-0.1, -0.05) is 36.4 Å². The highest BCUT2D eigenvalue weighted by Gasteiger charge is 2.18. The average Bonchev–Trinajstić information content (AvgIpc) is 3.49. The molecule has 5 rings (SSSR count). The zero-order chi connectivity index (χ0) is 29.3. The van der Waals surface area contributed by atoms with E-state index in [-0.39, 0.29) is 11.4 Å². The highest BCUT2D eigenvalue weighted by Crippen LogP contribution is 2.35. The number of anilines is 1. The van der Waals surface area contributed by atoms with Crippen molar-refractivity contribution in [1.82, 2.24) is 0 Å². The molecule has 7 nitrogen and oxygen atoms in total. The molecular weight excluding hydrogens is 548 g/mol. The molecule has 0 N–H and O–H groups in total. The first-order valence-corrected chi connectivity index (χ1v) is 15.6. The van der Waals surface area contributed by atoms with Crippen LogP contribution in [-0.4, -0.2) is 45.6 Å². The van der Waals surface area contributed by atoms with Gasteiger partial charge in [0.1, 0.15) is 4.70 Å². The van der Waals surface area contributed by atoms with Crippen molar-refractivity contribution < 1.29 is 18.7 Å². The minimum atomic E-state index is -0.318. The van der Waals surface area contributed by atoms with E-state index in [4.69, 9.17) is 18.9 Å². The van der Waals surface area contributed by atoms with Crippen LogP contribution in [-0.2, 0) is 20.7 Å². The first-order valence-electron chi connectivity index (χ1n) is 14.7. The van der Waals surface area contributed by atoms with E-state index >= 15 is 0 Å². The van der Waals surface area contributed by atoms with Gasteiger partial charge in [0.25, 0.3) is 0 Å². The van der Waals surface area contributed by atoms with Gasteiger partial charge in [-0.3, -0.25) is 9.79 Å². The second-order valence-corrected chi connectivity index (χ2v) is 11.5. The molecular formula is C34H38N2O5S. The van der Waals surface area contributed by atoms with Gasteiger partial charge in [-0.25, -0.2) is 4.79 Å². The van der Waals surface area contributed by atoms with Crippen molar-refractivity contribution in [2.45, 2.75) is 51.9 Å². The summed E-state index contributed by atoms with van der Waals surface area (Å²) in [5.41, 5.74) is 6.59. The van der Waals surface area contributed by atoms with Gasteiger partial charge >= 0.3 is 5.97 Å². The molecule has 8 heteroatoms. The maximum atomic E-state index is 12.8. The number of ether oxygens (including phenoxy) is 2. The zero-order valence-electron chi connectivity index (χ0n) is 24.4. The molecule has 0 atom stereocenters. The Hall–Kier alpha value is -3.75. The number of unbranched alkanes of at least 4 members (excludes halogenated alkanes) is 1. The monoisotopic (exact) mass is 586 g/mol. The van der Waals surface area contributed by atoms with Crippen molar-refractivity contribution in [1.29, 1.82) is 0 Å². The molecule has 0 radical (unpaired) electrons. The SMILES string of the molecule is COC(=O)/C(C)=C/C1=C/CCC/C=C(CCCCc2ccc(-c3csc4c(=O)cc(N5CCOCC5)oc34)cc2)/N=C\1. The smallest absolute Gasteiger partial charge is 0.333 e. The number of allylic oxidation sites excluding steroid dienone is 5. The fourth-order valence-electron chi connectivity index (χ4n) is 5.21. The molecule has 1 aromatic carbocycles. The minimum Gasteiger partial charge on any atom is -0.466 e. The number of hydrogen-bond donors (Lipinski definition) is 0. The van der Waals surface area contributed by atoms with E-state index in [0.717, 1.165) is 80.4 Å². The summed E-state index contributed by atoms with van der Waals surface area (Å²) in [6, 6.07) is 10.2. The van der Waals surface area contributed by atoms with Gasteiger partial charge in [-0.2, -0.15) is 0 Å². The maximum absolute atomic E-state index is 12.8. The number of aryl methyl sites for hydroxylation is 1. The number of thiophene rings is 1. The molecule has 0 unspecified atom stereocenters. The Morgan fingerprint density at radius 3 is 2.64 bits per heavy atom. The predicted molar refractivity (Wildman–Crippen MR) is 171 cm³/mol. The van der Waals surface area contributed by atoms with Crippen molar-refractivity contribution in [2.24, 2.45) is 4.99 Å². The Bertz CT molecular complexity index is 1570. The standard InChI is InChI=1S/C34H38N2O5S/c1-24(34(38)39-2)20-26-9-4-3-5-10-28(35-22-26)11-7-6-8-25-12-14-27(15-13-25)29-23-42-33-30(37)21-31(41-32(29)33)36-16-18-40-19-17-36/h9-10,12-15,20-23H,3-8,11,16-19H2,1-2H3/b24-20+,26-9-,28-10+,35-22-. The topological polar surface area (TPSA) is 81.3 Å². The third-order valence-electron chi connectivity index (χ3n) is 7.60. The molecule has 0 bridgehead atoms. The van der Waals surface area contributed by atoms with Gasteiger partial charge in [0.2, 0.25) is 5.43 Å². The van der Waals surface area contributed by atoms with Gasteiger partial charge in [0.15, 0.2) is 11.5 Å². The number of fused-ring (bicyclic) bond motifs is 1. The summed E-state index contributed by atoms with van der Waals surface area (Å²) in [5.74, 6) is 0.299. The van der Waals surface area contributed by atoms with E-state index in [0.29, 0.717) is 35.0 Å². The molecule has 2 aliphatic rings. The van der Waals surface area contributed by atoms with Crippen LogP contribution in [0, 0.1) is 0 Å². The Labute approximate surface area is 250 Å². The molecule has 220 valence electrons. The number of aliphatic imine (C=N–C) groups is 1.